The van der Waals surface area contributed by atoms with Gasteiger partial charge in [0.15, 0.2) is 0 Å². The molecule has 0 spiro atoms. The molecule has 5 fully saturated rings. The molecule has 4 bridgehead atoms. The highest BCUT2D eigenvalue weighted by Crippen LogP contribution is 2.99. The van der Waals surface area contributed by atoms with Crippen molar-refractivity contribution in [2.75, 3.05) is 48.5 Å². The first-order valence-electron chi connectivity index (χ1n) is 9.49. The summed E-state index contributed by atoms with van der Waals surface area (Å²) in [6.07, 6.45) is -2.16. The van der Waals surface area contributed by atoms with Crippen LogP contribution in [-0.4, -0.2) is 66.8 Å². The van der Waals surface area contributed by atoms with Crippen molar-refractivity contribution in [3.05, 3.63) is 0 Å². The lowest BCUT2D eigenvalue weighted by molar-refractivity contribution is 0.0603. The van der Waals surface area contributed by atoms with Gasteiger partial charge in [0.2, 0.25) is 0 Å². The maximum atomic E-state index is 12.6. The minimum atomic E-state index is -4.43. The average Bonchev–Trinajstić information content (AvgIpc) is 3.66. The van der Waals surface area contributed by atoms with Crippen LogP contribution in [0.15, 0.2) is 0 Å². The maximum absolute atomic E-state index is 12.6. The lowest BCUT2D eigenvalue weighted by Crippen LogP contribution is -2.25. The van der Waals surface area contributed by atoms with Crippen LogP contribution in [0.5, 0.6) is 0 Å². The van der Waals surface area contributed by atoms with Crippen molar-refractivity contribution in [1.82, 2.24) is 0 Å². The van der Waals surface area contributed by atoms with E-state index in [0.717, 1.165) is 13.2 Å². The van der Waals surface area contributed by atoms with E-state index in [2.05, 4.69) is 30.6 Å². The van der Waals surface area contributed by atoms with E-state index in [0.29, 0.717) is 0 Å². The number of rotatable bonds is 12. The Balaban J connectivity index is 0.000000241. The van der Waals surface area contributed by atoms with E-state index in [-0.39, 0.29) is 35.3 Å². The highest BCUT2D eigenvalue weighted by Gasteiger charge is 2.74. The summed E-state index contributed by atoms with van der Waals surface area (Å²) in [4.78, 5) is 0. The number of epoxide rings is 1. The monoisotopic (exact) mass is 756 g/mol. The molecule has 0 aliphatic carbocycles. The molecule has 5 aliphatic heterocycles. The van der Waals surface area contributed by atoms with Crippen LogP contribution in [0.4, 0.5) is 0 Å². The molecule has 0 radical (unpaired) electrons. The maximum Gasteiger partial charge on any atom is 0.501 e. The third-order valence-corrected chi connectivity index (χ3v) is 16.6. The topological polar surface area (TPSA) is 181 Å². The van der Waals surface area contributed by atoms with Crippen molar-refractivity contribution < 1.29 is 67.0 Å². The molecule has 0 aromatic carbocycles. The Bertz CT molecular complexity index is 792. The molecule has 0 amide bonds. The number of phosphoric ester groups is 1. The Morgan fingerprint density at radius 2 is 0.730 bits per heavy atom. The quantitative estimate of drug-likeness (QED) is 0.110. The Morgan fingerprint density at radius 3 is 0.865 bits per heavy atom. The molecule has 5 aliphatic rings. The van der Waals surface area contributed by atoms with Crippen LogP contribution in [0.1, 0.15) is 0 Å². The van der Waals surface area contributed by atoms with Crippen molar-refractivity contribution in [2.24, 2.45) is 0 Å². The molecule has 37 heavy (non-hydrogen) atoms. The summed E-state index contributed by atoms with van der Waals surface area (Å²) >= 11 is 33.8. The van der Waals surface area contributed by atoms with Gasteiger partial charge in [0, 0.05) is 0 Å². The molecule has 0 N–H and O–H groups in total. The normalized spacial score (nSPS) is 33.8. The minimum absolute atomic E-state index is 0.0129. The fourth-order valence-electron chi connectivity index (χ4n) is 1.83. The highest BCUT2D eigenvalue weighted by molar-refractivity contribution is 7.88. The number of hydrogen-bond acceptors (Lipinski definition) is 15. The zero-order valence-electron chi connectivity index (χ0n) is 18.0. The molecule has 0 unspecified atom stereocenters. The Kier molecular flexibility index (Phi) is 14.7. The summed E-state index contributed by atoms with van der Waals surface area (Å²) in [6, 6.07) is 0. The largest absolute Gasteiger partial charge is 0.501 e. The Morgan fingerprint density at radius 1 is 0.541 bits per heavy atom. The third-order valence-electron chi connectivity index (χ3n) is 3.27. The fraction of sp³-hybridized carbons (Fsp3) is 1.00. The lowest BCUT2D eigenvalue weighted by Gasteiger charge is -2.41. The van der Waals surface area contributed by atoms with Crippen LogP contribution in [0.3, 0.4) is 0 Å². The molecular weight excluding hydrogens is 740 g/mol. The van der Waals surface area contributed by atoms with Gasteiger partial charge in [-0.15, -0.1) is 69.6 Å². The second-order valence-electron chi connectivity index (χ2n) is 6.45. The Labute approximate surface area is 241 Å². The van der Waals surface area contributed by atoms with Gasteiger partial charge in [-0.25, -0.2) is 22.8 Å². The number of phosphoric acid groups is 5. The van der Waals surface area contributed by atoms with Gasteiger partial charge in [0.1, 0.15) is 0 Å². The molecule has 0 aromatic heterocycles. The minimum Gasteiger partial charge on any atom is -0.377 e. The number of hydrogen-bond donors (Lipinski definition) is 0. The Hall–Kier alpha value is 2.49. The number of halogens is 6. The van der Waals surface area contributed by atoms with Crippen molar-refractivity contribution in [3.8, 4) is 0 Å². The molecule has 26 heteroatoms. The summed E-state index contributed by atoms with van der Waals surface area (Å²) in [6.45, 7) is 2.00. The summed E-state index contributed by atoms with van der Waals surface area (Å²) < 4.78 is 103. The third kappa shape index (κ3) is 11.6. The molecule has 0 saturated carbocycles. The predicted molar refractivity (Wildman–Crippen MR) is 134 cm³/mol. The standard InChI is InChI=1S/C9H15Cl6O4P.C2H4O.O10P4/c10-1-7(2-11)17-20(16,18-8(3-12)4-13)19-9(5-14)6-15;1-2-3-1;1-11-5-12(2)8-13(3,6-11)10-14(4,7-11)9-12/h7-9H,1-6H2;1-2H2;. The van der Waals surface area contributed by atoms with Crippen molar-refractivity contribution >= 4 is 109 Å². The van der Waals surface area contributed by atoms with Crippen molar-refractivity contribution in [2.45, 2.75) is 18.3 Å². The van der Waals surface area contributed by atoms with Gasteiger partial charge in [-0.05, 0) is 0 Å². The first-order valence-corrected chi connectivity index (χ1v) is 20.0. The molecular formula is C11H19Cl6O15P5. The lowest BCUT2D eigenvalue weighted by atomic mass is 10.5. The van der Waals surface area contributed by atoms with E-state index >= 15 is 0 Å². The molecule has 5 saturated heterocycles. The first-order chi connectivity index (χ1) is 17.2. The van der Waals surface area contributed by atoms with Gasteiger partial charge in [0.05, 0.1) is 66.8 Å². The summed E-state index contributed by atoms with van der Waals surface area (Å²) in [5.41, 5.74) is 0. The zero-order chi connectivity index (χ0) is 28.0. The van der Waals surface area contributed by atoms with Gasteiger partial charge >= 0.3 is 39.1 Å². The molecule has 15 nitrogen and oxygen atoms in total. The van der Waals surface area contributed by atoms with E-state index < -0.39 is 57.4 Å². The number of ether oxygens (including phenoxy) is 1. The zero-order valence-corrected chi connectivity index (χ0v) is 27.0. The van der Waals surface area contributed by atoms with E-state index in [1.807, 2.05) is 0 Å². The molecule has 220 valence electrons. The second kappa shape index (κ2) is 15.3. The molecule has 5 heterocycles. The van der Waals surface area contributed by atoms with Crippen LogP contribution in [0.25, 0.3) is 0 Å². The van der Waals surface area contributed by atoms with E-state index in [1.165, 1.54) is 0 Å². The number of alkyl halides is 6. The SMILES string of the molecule is C1CO1.O=P(OC(CCl)CCl)(OC(CCl)CCl)OC(CCl)CCl.O=P12OP3(=O)OP(=O)(O1)OP(=O)(O2)O3. The average molecular weight is 759 g/mol. The molecule has 0 aromatic rings. The van der Waals surface area contributed by atoms with Gasteiger partial charge in [0.25, 0.3) is 0 Å². The summed E-state index contributed by atoms with van der Waals surface area (Å²) in [5, 5.41) is 0. The van der Waals surface area contributed by atoms with Gasteiger partial charge < -0.3 is 4.74 Å². The van der Waals surface area contributed by atoms with Gasteiger partial charge in [-0.2, -0.15) is 25.9 Å². The van der Waals surface area contributed by atoms with E-state index in [1.54, 1.807) is 0 Å². The molecule has 0 atom stereocenters. The van der Waals surface area contributed by atoms with Crippen molar-refractivity contribution in [1.29, 1.82) is 0 Å². The fourth-order valence-corrected chi connectivity index (χ4v) is 15.9. The van der Waals surface area contributed by atoms with Gasteiger partial charge in [-0.1, -0.05) is 0 Å². The van der Waals surface area contributed by atoms with E-state index in [9.17, 15) is 22.8 Å². The van der Waals surface area contributed by atoms with Crippen LogP contribution in [-0.2, 0) is 67.0 Å². The second-order valence-corrected chi connectivity index (χ2v) is 17.3. The van der Waals surface area contributed by atoms with Gasteiger partial charge in [-0.3, -0.25) is 13.6 Å². The molecule has 5 rings (SSSR count). The van der Waals surface area contributed by atoms with Crippen LogP contribution in [0, 0.1) is 0 Å². The summed E-state index contributed by atoms with van der Waals surface area (Å²) in [7, 11) is -21.7. The summed E-state index contributed by atoms with van der Waals surface area (Å²) in [5.74, 6) is 0.0776. The van der Waals surface area contributed by atoms with Crippen LogP contribution < -0.4 is 0 Å². The first kappa shape index (κ1) is 35.7. The predicted octanol–water partition coefficient (Wildman–Crippen LogP) is 7.26. The van der Waals surface area contributed by atoms with Crippen LogP contribution in [0.2, 0.25) is 0 Å². The van der Waals surface area contributed by atoms with Crippen LogP contribution >= 0.6 is 109 Å². The smallest absolute Gasteiger partial charge is 0.377 e. The van der Waals surface area contributed by atoms with Crippen molar-refractivity contribution in [3.63, 3.8) is 0 Å². The highest BCUT2D eigenvalue weighted by atomic mass is 35.5. The van der Waals surface area contributed by atoms with E-state index in [4.69, 9.17) is 83.2 Å².